The Morgan fingerprint density at radius 2 is 1.67 bits per heavy atom. The molecular weight excluding hydrogens is 338 g/mol. The van der Waals surface area contributed by atoms with Crippen molar-refractivity contribution in [1.29, 1.82) is 0 Å². The number of rotatable bonds is 4. The summed E-state index contributed by atoms with van der Waals surface area (Å²) in [6.07, 6.45) is 3.43. The van der Waals surface area contributed by atoms with Gasteiger partial charge in [0.25, 0.3) is 0 Å². The molecule has 0 radical (unpaired) electrons. The van der Waals surface area contributed by atoms with Crippen LogP contribution in [0.2, 0.25) is 0 Å². The van der Waals surface area contributed by atoms with Crippen molar-refractivity contribution in [2.24, 2.45) is 11.8 Å². The number of fused-ring (bicyclic) bond motifs is 1. The van der Waals surface area contributed by atoms with E-state index < -0.39 is 5.97 Å². The molecule has 2 aromatic rings. The van der Waals surface area contributed by atoms with Crippen molar-refractivity contribution in [3.63, 3.8) is 0 Å². The van der Waals surface area contributed by atoms with Crippen LogP contribution in [0.4, 0.5) is 0 Å². The van der Waals surface area contributed by atoms with Gasteiger partial charge in [0.2, 0.25) is 5.91 Å². The lowest BCUT2D eigenvalue weighted by atomic mass is 9.87. The van der Waals surface area contributed by atoms with Gasteiger partial charge in [0, 0.05) is 12.5 Å². The van der Waals surface area contributed by atoms with E-state index >= 15 is 0 Å². The van der Waals surface area contributed by atoms with Crippen LogP contribution in [-0.4, -0.2) is 28.4 Å². The Kier molecular flexibility index (Phi) is 4.97. The number of carbonyl (C=O) groups excluding carboxylic acids is 1. The maximum atomic E-state index is 13.3. The van der Waals surface area contributed by atoms with Crippen LogP contribution in [0.5, 0.6) is 0 Å². The molecule has 2 aromatic carbocycles. The van der Waals surface area contributed by atoms with Crippen LogP contribution in [-0.2, 0) is 22.4 Å². The van der Waals surface area contributed by atoms with Crippen molar-refractivity contribution < 1.29 is 14.7 Å². The van der Waals surface area contributed by atoms with Gasteiger partial charge >= 0.3 is 5.97 Å². The smallest absolute Gasteiger partial charge is 0.306 e. The molecule has 1 heterocycles. The standard InChI is InChI=1S/C23H25NO3/c25-22(18-10-11-19(15-18)23(26)27)24-13-12-17-8-4-5-9-20(17)21(24)14-16-6-2-1-3-7-16/h1-9,18-19,21H,10-15H2,(H,26,27)/t18-,19+,21?/m0/s1. The second kappa shape index (κ2) is 7.55. The van der Waals surface area contributed by atoms with Crippen molar-refractivity contribution >= 4 is 11.9 Å². The van der Waals surface area contributed by atoms with Gasteiger partial charge in [-0.15, -0.1) is 0 Å². The van der Waals surface area contributed by atoms with Gasteiger partial charge in [0.15, 0.2) is 0 Å². The summed E-state index contributed by atoms with van der Waals surface area (Å²) < 4.78 is 0. The summed E-state index contributed by atoms with van der Waals surface area (Å²) >= 11 is 0. The zero-order valence-electron chi connectivity index (χ0n) is 15.4. The molecule has 140 valence electrons. The summed E-state index contributed by atoms with van der Waals surface area (Å²) in [6.45, 7) is 0.710. The van der Waals surface area contributed by atoms with Crippen LogP contribution in [0.1, 0.15) is 42.0 Å². The Morgan fingerprint density at radius 1 is 0.963 bits per heavy atom. The minimum absolute atomic E-state index is 0.0220. The molecule has 1 saturated carbocycles. The Morgan fingerprint density at radius 3 is 2.41 bits per heavy atom. The molecule has 1 N–H and O–H groups in total. The number of carboxylic acids is 1. The van der Waals surface area contributed by atoms with Gasteiger partial charge in [-0.1, -0.05) is 54.6 Å². The predicted molar refractivity (Wildman–Crippen MR) is 103 cm³/mol. The number of carboxylic acid groups (broad SMARTS) is 1. The summed E-state index contributed by atoms with van der Waals surface area (Å²) in [5.74, 6) is -1.16. The Labute approximate surface area is 159 Å². The van der Waals surface area contributed by atoms with Crippen molar-refractivity contribution in [2.75, 3.05) is 6.54 Å². The third kappa shape index (κ3) is 3.61. The van der Waals surface area contributed by atoms with E-state index in [0.717, 1.165) is 12.8 Å². The van der Waals surface area contributed by atoms with Crippen LogP contribution < -0.4 is 0 Å². The largest absolute Gasteiger partial charge is 0.481 e. The van der Waals surface area contributed by atoms with Crippen LogP contribution in [0, 0.1) is 11.8 Å². The fourth-order valence-corrected chi connectivity index (χ4v) is 4.64. The monoisotopic (exact) mass is 363 g/mol. The highest BCUT2D eigenvalue weighted by atomic mass is 16.4. The predicted octanol–water partition coefficient (Wildman–Crippen LogP) is 3.86. The van der Waals surface area contributed by atoms with Crippen LogP contribution >= 0.6 is 0 Å². The van der Waals surface area contributed by atoms with E-state index in [1.807, 2.05) is 29.2 Å². The summed E-state index contributed by atoms with van der Waals surface area (Å²) in [6, 6.07) is 18.7. The first-order valence-electron chi connectivity index (χ1n) is 9.78. The fraction of sp³-hybridized carbons (Fsp3) is 0.391. The summed E-state index contributed by atoms with van der Waals surface area (Å²) in [5, 5.41) is 9.28. The zero-order chi connectivity index (χ0) is 18.8. The SMILES string of the molecule is O=C(O)[C@@H]1CC[C@H](C(=O)N2CCc3ccccc3C2Cc2ccccc2)C1. The highest BCUT2D eigenvalue weighted by Crippen LogP contribution is 2.38. The lowest BCUT2D eigenvalue weighted by Crippen LogP contribution is -2.43. The molecule has 4 heteroatoms. The third-order valence-corrected chi connectivity index (χ3v) is 6.10. The molecule has 1 unspecified atom stereocenters. The highest BCUT2D eigenvalue weighted by molar-refractivity contribution is 5.81. The normalized spacial score (nSPS) is 24.4. The fourth-order valence-electron chi connectivity index (χ4n) is 4.64. The van der Waals surface area contributed by atoms with E-state index in [1.165, 1.54) is 16.7 Å². The molecule has 1 amide bonds. The average Bonchev–Trinajstić information content (AvgIpc) is 3.19. The highest BCUT2D eigenvalue weighted by Gasteiger charge is 2.39. The van der Waals surface area contributed by atoms with Crippen molar-refractivity contribution in [3.8, 4) is 0 Å². The van der Waals surface area contributed by atoms with Gasteiger partial charge < -0.3 is 10.0 Å². The molecule has 4 nitrogen and oxygen atoms in total. The quantitative estimate of drug-likeness (QED) is 0.897. The number of aliphatic carboxylic acids is 1. The maximum absolute atomic E-state index is 13.3. The molecular formula is C23H25NO3. The van der Waals surface area contributed by atoms with Gasteiger partial charge in [0.05, 0.1) is 12.0 Å². The number of nitrogens with zero attached hydrogens (tertiary/aromatic N) is 1. The van der Waals surface area contributed by atoms with Gasteiger partial charge in [-0.25, -0.2) is 0 Å². The van der Waals surface area contributed by atoms with E-state index in [-0.39, 0.29) is 23.8 Å². The molecule has 27 heavy (non-hydrogen) atoms. The maximum Gasteiger partial charge on any atom is 0.306 e. The summed E-state index contributed by atoms with van der Waals surface area (Å²) in [5.41, 5.74) is 3.76. The number of benzene rings is 2. The zero-order valence-corrected chi connectivity index (χ0v) is 15.4. The third-order valence-electron chi connectivity index (χ3n) is 6.10. The molecule has 2 aliphatic rings. The van der Waals surface area contributed by atoms with E-state index in [9.17, 15) is 14.7 Å². The minimum atomic E-state index is -0.768. The first-order valence-corrected chi connectivity index (χ1v) is 9.78. The lowest BCUT2D eigenvalue weighted by molar-refractivity contribution is -0.142. The van der Waals surface area contributed by atoms with Crippen molar-refractivity contribution in [1.82, 2.24) is 4.90 Å². The van der Waals surface area contributed by atoms with Crippen LogP contribution in [0.25, 0.3) is 0 Å². The van der Waals surface area contributed by atoms with Crippen molar-refractivity contribution in [3.05, 3.63) is 71.3 Å². The molecule has 1 aliphatic heterocycles. The summed E-state index contributed by atoms with van der Waals surface area (Å²) in [4.78, 5) is 26.6. The van der Waals surface area contributed by atoms with Gasteiger partial charge in [-0.2, -0.15) is 0 Å². The molecule has 0 aromatic heterocycles. The Bertz CT molecular complexity index is 833. The summed E-state index contributed by atoms with van der Waals surface area (Å²) in [7, 11) is 0. The molecule has 1 aliphatic carbocycles. The second-order valence-electron chi connectivity index (χ2n) is 7.73. The van der Waals surface area contributed by atoms with Crippen molar-refractivity contribution in [2.45, 2.75) is 38.1 Å². The van der Waals surface area contributed by atoms with E-state index in [0.29, 0.717) is 25.8 Å². The van der Waals surface area contributed by atoms with Crippen LogP contribution in [0.3, 0.4) is 0 Å². The van der Waals surface area contributed by atoms with Gasteiger partial charge in [0.1, 0.15) is 0 Å². The topological polar surface area (TPSA) is 57.6 Å². The van der Waals surface area contributed by atoms with E-state index in [4.69, 9.17) is 0 Å². The number of hydrogen-bond acceptors (Lipinski definition) is 2. The molecule has 0 spiro atoms. The Balaban J connectivity index is 1.60. The molecule has 0 bridgehead atoms. The molecule has 3 atom stereocenters. The molecule has 4 rings (SSSR count). The first-order chi connectivity index (χ1) is 13.1. The molecule has 0 saturated heterocycles. The van der Waals surface area contributed by atoms with Gasteiger partial charge in [-0.3, -0.25) is 9.59 Å². The minimum Gasteiger partial charge on any atom is -0.481 e. The first kappa shape index (κ1) is 17.8. The van der Waals surface area contributed by atoms with E-state index in [1.54, 1.807) is 0 Å². The number of hydrogen-bond donors (Lipinski definition) is 1. The number of amides is 1. The van der Waals surface area contributed by atoms with Crippen LogP contribution in [0.15, 0.2) is 54.6 Å². The Hall–Kier alpha value is -2.62. The second-order valence-corrected chi connectivity index (χ2v) is 7.73. The van der Waals surface area contributed by atoms with E-state index in [2.05, 4.69) is 30.3 Å². The average molecular weight is 363 g/mol. The van der Waals surface area contributed by atoms with Gasteiger partial charge in [-0.05, 0) is 48.8 Å². The lowest BCUT2D eigenvalue weighted by Gasteiger charge is -2.39. The molecule has 1 fully saturated rings. The number of carbonyl (C=O) groups is 2.